The van der Waals surface area contributed by atoms with E-state index in [2.05, 4.69) is 52.0 Å². The van der Waals surface area contributed by atoms with E-state index in [1.165, 1.54) is 41.8 Å². The van der Waals surface area contributed by atoms with Gasteiger partial charge in [0.05, 0.1) is 19.6 Å². The predicted octanol–water partition coefficient (Wildman–Crippen LogP) is 0.376. The largest absolute Gasteiger partial charge is 1.00 e. The zero-order valence-electron chi connectivity index (χ0n) is 11.0. The van der Waals surface area contributed by atoms with Gasteiger partial charge in [0, 0.05) is 5.56 Å². The molecule has 0 atom stereocenters. The fourth-order valence-corrected chi connectivity index (χ4v) is 2.09. The average molecular weight is 286 g/mol. The van der Waals surface area contributed by atoms with E-state index in [-0.39, 0.29) is 17.0 Å². The highest BCUT2D eigenvalue weighted by molar-refractivity contribution is 5.20. The van der Waals surface area contributed by atoms with Crippen LogP contribution in [0, 0.1) is 6.92 Å². The minimum Gasteiger partial charge on any atom is -1.00 e. The first kappa shape index (κ1) is 15.7. The van der Waals surface area contributed by atoms with Crippen molar-refractivity contribution in [2.45, 2.75) is 34.2 Å². The van der Waals surface area contributed by atoms with Crippen LogP contribution in [0.1, 0.15) is 31.9 Å². The predicted molar refractivity (Wildman–Crippen MR) is 66.8 cm³/mol. The summed E-state index contributed by atoms with van der Waals surface area (Å²) in [5, 5.41) is 0. The summed E-state index contributed by atoms with van der Waals surface area (Å²) in [5.41, 5.74) is 2.81. The zero-order valence-corrected chi connectivity index (χ0v) is 12.5. The van der Waals surface area contributed by atoms with Crippen LogP contribution in [0.3, 0.4) is 0 Å². The van der Waals surface area contributed by atoms with Gasteiger partial charge < -0.3 is 21.5 Å². The monoisotopic (exact) mass is 285 g/mol. The van der Waals surface area contributed by atoms with Gasteiger partial charge in [0.1, 0.15) is 6.54 Å². The molecule has 1 aromatic rings. The van der Waals surface area contributed by atoms with Crippen LogP contribution in [0.25, 0.3) is 0 Å². The summed E-state index contributed by atoms with van der Waals surface area (Å²) in [7, 11) is 0. The van der Waals surface area contributed by atoms with Crippen molar-refractivity contribution in [2.75, 3.05) is 19.6 Å². The molecule has 2 heteroatoms. The number of quaternary nitrogens is 1. The number of hydrogen-bond acceptors (Lipinski definition) is 0. The van der Waals surface area contributed by atoms with E-state index in [0.29, 0.717) is 0 Å². The molecule has 16 heavy (non-hydrogen) atoms. The summed E-state index contributed by atoms with van der Waals surface area (Å²) >= 11 is 0. The third kappa shape index (κ3) is 3.91. The van der Waals surface area contributed by atoms with Crippen molar-refractivity contribution in [1.29, 1.82) is 0 Å². The summed E-state index contributed by atoms with van der Waals surface area (Å²) in [6.45, 7) is 13.9. The second-order valence-corrected chi connectivity index (χ2v) is 4.43. The van der Waals surface area contributed by atoms with Crippen molar-refractivity contribution >= 4 is 0 Å². The van der Waals surface area contributed by atoms with E-state index in [9.17, 15) is 0 Å². The van der Waals surface area contributed by atoms with Crippen LogP contribution in [-0.4, -0.2) is 24.1 Å². The van der Waals surface area contributed by atoms with Gasteiger partial charge in [-0.1, -0.05) is 29.8 Å². The van der Waals surface area contributed by atoms with E-state index in [1.54, 1.807) is 0 Å². The Bertz CT molecular complexity index is 280. The molecular formula is C14H24BrN. The van der Waals surface area contributed by atoms with Crippen molar-refractivity contribution in [3.63, 3.8) is 0 Å². The van der Waals surface area contributed by atoms with Crippen LogP contribution in [-0.2, 0) is 6.54 Å². The van der Waals surface area contributed by atoms with Gasteiger partial charge in [-0.25, -0.2) is 0 Å². The molecule has 0 saturated heterocycles. The molecule has 0 aromatic heterocycles. The Morgan fingerprint density at radius 3 is 1.69 bits per heavy atom. The van der Waals surface area contributed by atoms with Gasteiger partial charge in [-0.15, -0.1) is 0 Å². The summed E-state index contributed by atoms with van der Waals surface area (Å²) in [6, 6.07) is 8.96. The van der Waals surface area contributed by atoms with Crippen LogP contribution in [0.5, 0.6) is 0 Å². The Labute approximate surface area is 111 Å². The van der Waals surface area contributed by atoms with Crippen molar-refractivity contribution in [3.05, 3.63) is 35.4 Å². The van der Waals surface area contributed by atoms with Gasteiger partial charge in [-0.05, 0) is 27.7 Å². The summed E-state index contributed by atoms with van der Waals surface area (Å²) in [4.78, 5) is 0. The first-order chi connectivity index (χ1) is 7.15. The summed E-state index contributed by atoms with van der Waals surface area (Å²) in [6.07, 6.45) is 0. The number of halogens is 1. The average Bonchev–Trinajstić information content (AvgIpc) is 2.29. The second-order valence-electron chi connectivity index (χ2n) is 4.43. The Hall–Kier alpha value is -0.340. The van der Waals surface area contributed by atoms with Gasteiger partial charge >= 0.3 is 0 Å². The number of rotatable bonds is 5. The summed E-state index contributed by atoms with van der Waals surface area (Å²) < 4.78 is 1.20. The molecule has 0 aliphatic heterocycles. The SMILES string of the molecule is CC[N+](CC)(CC)Cc1ccc(C)cc1.[Br-]. The third-order valence-corrected chi connectivity index (χ3v) is 3.65. The fourth-order valence-electron chi connectivity index (χ4n) is 2.09. The normalized spacial score (nSPS) is 11.0. The smallest absolute Gasteiger partial charge is 0.104 e. The van der Waals surface area contributed by atoms with Gasteiger partial charge in [-0.2, -0.15) is 0 Å². The van der Waals surface area contributed by atoms with Gasteiger partial charge in [0.15, 0.2) is 0 Å². The Kier molecular flexibility index (Phi) is 6.93. The molecule has 1 nitrogen and oxygen atoms in total. The lowest BCUT2D eigenvalue weighted by molar-refractivity contribution is -0.936. The van der Waals surface area contributed by atoms with Crippen LogP contribution in [0.2, 0.25) is 0 Å². The van der Waals surface area contributed by atoms with Crippen molar-refractivity contribution < 1.29 is 21.5 Å². The maximum atomic E-state index is 2.29. The van der Waals surface area contributed by atoms with Crippen LogP contribution >= 0.6 is 0 Å². The molecule has 1 rings (SSSR count). The standard InChI is InChI=1S/C14H24N.BrH/c1-5-15(6-2,7-3)12-14-10-8-13(4)9-11-14;/h8-11H,5-7,12H2,1-4H3;1H/q+1;/p-1. The number of aryl methyl sites for hydroxylation is 1. The molecular weight excluding hydrogens is 262 g/mol. The van der Waals surface area contributed by atoms with E-state index < -0.39 is 0 Å². The Morgan fingerprint density at radius 2 is 1.31 bits per heavy atom. The highest BCUT2D eigenvalue weighted by Gasteiger charge is 2.20. The lowest BCUT2D eigenvalue weighted by atomic mass is 10.1. The van der Waals surface area contributed by atoms with Crippen LogP contribution in [0.15, 0.2) is 24.3 Å². The van der Waals surface area contributed by atoms with Crippen molar-refractivity contribution in [3.8, 4) is 0 Å². The molecule has 0 aliphatic rings. The van der Waals surface area contributed by atoms with Crippen LogP contribution in [0.4, 0.5) is 0 Å². The molecule has 0 amide bonds. The first-order valence-electron chi connectivity index (χ1n) is 6.06. The highest BCUT2D eigenvalue weighted by Crippen LogP contribution is 2.14. The summed E-state index contributed by atoms with van der Waals surface area (Å²) in [5.74, 6) is 0. The molecule has 1 aromatic carbocycles. The Morgan fingerprint density at radius 1 is 0.875 bits per heavy atom. The Balaban J connectivity index is 0.00000225. The maximum Gasteiger partial charge on any atom is 0.104 e. The molecule has 0 unspecified atom stereocenters. The number of benzene rings is 1. The topological polar surface area (TPSA) is 0 Å². The molecule has 0 heterocycles. The maximum absolute atomic E-state index is 2.29. The van der Waals surface area contributed by atoms with Gasteiger partial charge in [-0.3, -0.25) is 0 Å². The van der Waals surface area contributed by atoms with Gasteiger partial charge in [0.25, 0.3) is 0 Å². The molecule has 0 fully saturated rings. The van der Waals surface area contributed by atoms with E-state index in [1.807, 2.05) is 0 Å². The minimum atomic E-state index is 0. The van der Waals surface area contributed by atoms with Crippen molar-refractivity contribution in [1.82, 2.24) is 0 Å². The molecule has 0 N–H and O–H groups in total. The molecule has 0 saturated carbocycles. The van der Waals surface area contributed by atoms with E-state index in [0.717, 1.165) is 0 Å². The van der Waals surface area contributed by atoms with Crippen LogP contribution < -0.4 is 17.0 Å². The van der Waals surface area contributed by atoms with Crippen molar-refractivity contribution in [2.24, 2.45) is 0 Å². The molecule has 0 bridgehead atoms. The molecule has 0 spiro atoms. The lowest BCUT2D eigenvalue weighted by Gasteiger charge is -2.35. The fraction of sp³-hybridized carbons (Fsp3) is 0.571. The minimum absolute atomic E-state index is 0. The number of hydrogen-bond donors (Lipinski definition) is 0. The molecule has 0 aliphatic carbocycles. The lowest BCUT2D eigenvalue weighted by Crippen LogP contribution is -3.00. The van der Waals surface area contributed by atoms with Gasteiger partial charge in [0.2, 0.25) is 0 Å². The van der Waals surface area contributed by atoms with E-state index >= 15 is 0 Å². The zero-order chi connectivity index (χ0) is 11.3. The highest BCUT2D eigenvalue weighted by atomic mass is 79.9. The van der Waals surface area contributed by atoms with E-state index in [4.69, 9.17) is 0 Å². The molecule has 92 valence electrons. The molecule has 0 radical (unpaired) electrons. The third-order valence-electron chi connectivity index (χ3n) is 3.65. The quantitative estimate of drug-likeness (QED) is 0.686. The number of nitrogens with zero attached hydrogens (tertiary/aromatic N) is 1. The second kappa shape index (κ2) is 7.08. The first-order valence-corrected chi connectivity index (χ1v) is 6.06.